The lowest BCUT2D eigenvalue weighted by Gasteiger charge is -2.25. The first kappa shape index (κ1) is 28.2. The summed E-state index contributed by atoms with van der Waals surface area (Å²) in [6.07, 6.45) is 2.80. The fraction of sp³-hybridized carbons (Fsp3) is 0.300. The van der Waals surface area contributed by atoms with Gasteiger partial charge in [0.15, 0.2) is 5.60 Å². The maximum atomic E-state index is 14.0. The van der Waals surface area contributed by atoms with Crippen LogP contribution >= 0.6 is 11.3 Å². The van der Waals surface area contributed by atoms with Gasteiger partial charge in [0.2, 0.25) is 0 Å². The molecule has 12 nitrogen and oxygen atoms in total. The number of primary amides is 1. The molecule has 43 heavy (non-hydrogen) atoms. The third kappa shape index (κ3) is 5.89. The van der Waals surface area contributed by atoms with Crippen molar-refractivity contribution in [2.24, 2.45) is 12.8 Å². The zero-order valence-corrected chi connectivity index (χ0v) is 24.7. The second kappa shape index (κ2) is 11.4. The van der Waals surface area contributed by atoms with E-state index in [0.717, 1.165) is 29.1 Å². The number of aryl methyl sites for hydroxylation is 2. The molecule has 220 valence electrons. The number of rotatable bonds is 8. The van der Waals surface area contributed by atoms with Crippen LogP contribution in [0.2, 0.25) is 0 Å². The van der Waals surface area contributed by atoms with Crippen molar-refractivity contribution in [3.63, 3.8) is 0 Å². The zero-order valence-electron chi connectivity index (χ0n) is 23.9. The first-order valence-corrected chi connectivity index (χ1v) is 14.7. The SMILES string of the molecule is Cc1csc([C@H]2CCCN2C(=O)c2cc(-c3ccn(C)n3)nc(-c3nnc([C@@](C)(Cc4ccccc4)OC(N)=O)o3)c2)n1. The van der Waals surface area contributed by atoms with E-state index in [0.29, 0.717) is 23.5 Å². The van der Waals surface area contributed by atoms with Crippen LogP contribution in [0.3, 0.4) is 0 Å². The lowest BCUT2D eigenvalue weighted by atomic mass is 9.96. The van der Waals surface area contributed by atoms with Gasteiger partial charge in [-0.3, -0.25) is 9.48 Å². The highest BCUT2D eigenvalue weighted by Crippen LogP contribution is 2.36. The molecule has 5 heterocycles. The van der Waals surface area contributed by atoms with Crippen molar-refractivity contribution >= 4 is 23.3 Å². The Morgan fingerprint density at radius 3 is 2.60 bits per heavy atom. The minimum Gasteiger partial charge on any atom is -0.433 e. The molecule has 0 radical (unpaired) electrons. The number of carbonyl (C=O) groups is 2. The Kier molecular flexibility index (Phi) is 7.48. The van der Waals surface area contributed by atoms with Gasteiger partial charge in [0.25, 0.3) is 17.7 Å². The molecule has 2 amide bonds. The number of ether oxygens (including phenoxy) is 1. The summed E-state index contributed by atoms with van der Waals surface area (Å²) in [7, 11) is 1.81. The summed E-state index contributed by atoms with van der Waals surface area (Å²) >= 11 is 1.57. The molecule has 1 fully saturated rings. The first-order chi connectivity index (χ1) is 20.7. The fourth-order valence-corrected chi connectivity index (χ4v) is 6.25. The average molecular weight is 599 g/mol. The highest BCUT2D eigenvalue weighted by Gasteiger charge is 2.38. The zero-order chi connectivity index (χ0) is 30.1. The van der Waals surface area contributed by atoms with E-state index in [-0.39, 0.29) is 35.8 Å². The summed E-state index contributed by atoms with van der Waals surface area (Å²) in [6.45, 7) is 4.22. The number of benzene rings is 1. The smallest absolute Gasteiger partial charge is 0.405 e. The molecule has 2 atom stereocenters. The maximum absolute atomic E-state index is 14.0. The van der Waals surface area contributed by atoms with Crippen LogP contribution in [0.25, 0.3) is 23.0 Å². The molecule has 5 aromatic rings. The Hall–Kier alpha value is -4.91. The van der Waals surface area contributed by atoms with Crippen LogP contribution in [0.4, 0.5) is 4.79 Å². The topological polar surface area (TPSA) is 155 Å². The Morgan fingerprint density at radius 2 is 1.91 bits per heavy atom. The predicted octanol–water partition coefficient (Wildman–Crippen LogP) is 4.83. The Balaban J connectivity index is 1.39. The number of hydrogen-bond acceptors (Lipinski definition) is 10. The van der Waals surface area contributed by atoms with Crippen LogP contribution in [0.5, 0.6) is 0 Å². The number of likely N-dealkylation sites (tertiary alicyclic amines) is 1. The molecule has 0 unspecified atom stereocenters. The normalized spacial score (nSPS) is 16.3. The number of carbonyl (C=O) groups excluding carboxylic acids is 2. The molecule has 1 aromatic carbocycles. The molecule has 2 N–H and O–H groups in total. The van der Waals surface area contributed by atoms with Gasteiger partial charge in [-0.25, -0.2) is 14.8 Å². The second-order valence-corrected chi connectivity index (χ2v) is 11.6. The van der Waals surface area contributed by atoms with Gasteiger partial charge in [-0.2, -0.15) is 5.10 Å². The third-order valence-electron chi connectivity index (χ3n) is 7.29. The Morgan fingerprint density at radius 1 is 1.12 bits per heavy atom. The van der Waals surface area contributed by atoms with Crippen LogP contribution < -0.4 is 5.73 Å². The summed E-state index contributed by atoms with van der Waals surface area (Å²) in [6, 6.07) is 14.5. The van der Waals surface area contributed by atoms with E-state index < -0.39 is 11.7 Å². The van der Waals surface area contributed by atoms with E-state index in [1.54, 1.807) is 48.3 Å². The number of pyridine rings is 1. The molecule has 1 aliphatic rings. The van der Waals surface area contributed by atoms with Gasteiger partial charge in [-0.15, -0.1) is 21.5 Å². The minimum atomic E-state index is -1.34. The van der Waals surface area contributed by atoms with Crippen molar-refractivity contribution in [1.82, 2.24) is 34.8 Å². The van der Waals surface area contributed by atoms with Gasteiger partial charge in [0.1, 0.15) is 16.4 Å². The summed E-state index contributed by atoms with van der Waals surface area (Å²) in [5, 5.41) is 15.9. The van der Waals surface area contributed by atoms with E-state index in [9.17, 15) is 9.59 Å². The summed E-state index contributed by atoms with van der Waals surface area (Å²) in [5.41, 5.74) is 7.65. The average Bonchev–Trinajstić information content (AvgIpc) is 3.80. The van der Waals surface area contributed by atoms with E-state index in [4.69, 9.17) is 19.9 Å². The first-order valence-electron chi connectivity index (χ1n) is 13.8. The lowest BCUT2D eigenvalue weighted by molar-refractivity contribution is 0.00732. The van der Waals surface area contributed by atoms with E-state index in [1.807, 2.05) is 53.6 Å². The van der Waals surface area contributed by atoms with Gasteiger partial charge < -0.3 is 19.8 Å². The number of thiazole rings is 1. The molecule has 1 saturated heterocycles. The van der Waals surface area contributed by atoms with Crippen LogP contribution in [0.1, 0.15) is 58.3 Å². The van der Waals surface area contributed by atoms with E-state index >= 15 is 0 Å². The van der Waals surface area contributed by atoms with Crippen molar-refractivity contribution in [2.75, 3.05) is 6.54 Å². The third-order valence-corrected chi connectivity index (χ3v) is 8.35. The molecule has 6 rings (SSSR count). The molecule has 13 heteroatoms. The van der Waals surface area contributed by atoms with Crippen molar-refractivity contribution < 1.29 is 18.7 Å². The molecular formula is C30H30N8O4S. The molecule has 1 aliphatic heterocycles. The van der Waals surface area contributed by atoms with Crippen LogP contribution in [-0.2, 0) is 23.8 Å². The Bertz CT molecular complexity index is 1780. The monoisotopic (exact) mass is 598 g/mol. The number of nitrogens with zero attached hydrogens (tertiary/aromatic N) is 7. The summed E-state index contributed by atoms with van der Waals surface area (Å²) < 4.78 is 13.2. The van der Waals surface area contributed by atoms with Crippen molar-refractivity contribution in [3.05, 3.63) is 87.8 Å². The summed E-state index contributed by atoms with van der Waals surface area (Å²) in [4.78, 5) is 37.1. The molecule has 0 saturated carbocycles. The van der Waals surface area contributed by atoms with Gasteiger partial charge in [0, 0.05) is 42.8 Å². The van der Waals surface area contributed by atoms with Gasteiger partial charge in [-0.05, 0) is 50.5 Å². The van der Waals surface area contributed by atoms with Crippen LogP contribution in [0.15, 0.2) is 64.5 Å². The molecule has 0 bridgehead atoms. The van der Waals surface area contributed by atoms with Gasteiger partial charge >= 0.3 is 6.09 Å². The fourth-order valence-electron chi connectivity index (χ4n) is 5.31. The van der Waals surface area contributed by atoms with Crippen LogP contribution in [0, 0.1) is 6.92 Å². The Labute approximate surface area is 251 Å². The summed E-state index contributed by atoms with van der Waals surface area (Å²) in [5.74, 6) is -0.0496. The van der Waals surface area contributed by atoms with Crippen LogP contribution in [-0.4, -0.2) is 53.4 Å². The highest BCUT2D eigenvalue weighted by atomic mass is 32.1. The quantitative estimate of drug-likeness (QED) is 0.264. The molecule has 4 aromatic heterocycles. The predicted molar refractivity (Wildman–Crippen MR) is 158 cm³/mol. The second-order valence-electron chi connectivity index (χ2n) is 10.7. The van der Waals surface area contributed by atoms with Gasteiger partial charge in [-0.1, -0.05) is 30.3 Å². The highest BCUT2D eigenvalue weighted by molar-refractivity contribution is 7.09. The van der Waals surface area contributed by atoms with Gasteiger partial charge in [0.05, 0.1) is 11.7 Å². The minimum absolute atomic E-state index is 0.0433. The number of aromatic nitrogens is 6. The largest absolute Gasteiger partial charge is 0.433 e. The molecule has 0 spiro atoms. The van der Waals surface area contributed by atoms with E-state index in [1.165, 1.54) is 0 Å². The van der Waals surface area contributed by atoms with Crippen molar-refractivity contribution in [3.8, 4) is 23.0 Å². The molecular weight excluding hydrogens is 568 g/mol. The number of nitrogens with two attached hydrogens (primary N) is 1. The van der Waals surface area contributed by atoms with E-state index in [2.05, 4.69) is 20.3 Å². The standard InChI is InChI=1S/C30H30N8O4S/c1-18-17-43-26(32-18)24-10-7-12-38(24)27(39)20-14-22(21-11-13-37(3)36-21)33-23(15-20)25-34-35-28(41-25)30(2,42-29(31)40)16-19-8-5-4-6-9-19/h4-6,8-9,11,13-15,17,24H,7,10,12,16H2,1-3H3,(H2,31,40)/t24-,30-/m1/s1. The number of hydrogen-bond donors (Lipinski definition) is 1. The maximum Gasteiger partial charge on any atom is 0.405 e. The van der Waals surface area contributed by atoms with Crippen molar-refractivity contribution in [2.45, 2.75) is 44.8 Å². The number of amides is 2. The van der Waals surface area contributed by atoms with Crippen molar-refractivity contribution in [1.29, 1.82) is 0 Å². The lowest BCUT2D eigenvalue weighted by Crippen LogP contribution is -2.34. The molecule has 0 aliphatic carbocycles.